The SMILES string of the molecule is CC([SiH3])(CCP(c1ccccc1)c1ccccc1)CCP(c1ccccc1)c1ccccc1.[Cl-].[Cl-].[Pt+2]. The second kappa shape index (κ2) is 16.9. The number of hydrogen-bond acceptors (Lipinski definition) is 0. The normalized spacial score (nSPS) is 10.9. The predicted octanol–water partition coefficient (Wildman–Crippen LogP) is -0.418. The third kappa shape index (κ3) is 9.84. The third-order valence-corrected chi connectivity index (χ3v) is 12.3. The molecule has 0 heterocycles. The van der Waals surface area contributed by atoms with Crippen molar-refractivity contribution >= 4 is 47.3 Å². The molecule has 0 radical (unpaired) electrons. The van der Waals surface area contributed by atoms with Crippen molar-refractivity contribution in [3.05, 3.63) is 121 Å². The van der Waals surface area contributed by atoms with Gasteiger partial charge in [0, 0.05) is 10.2 Å². The summed E-state index contributed by atoms with van der Waals surface area (Å²) in [5.41, 5.74) is 0. The first-order valence-electron chi connectivity index (χ1n) is 11.9. The molecule has 0 saturated carbocycles. The monoisotopic (exact) mass is 749 g/mol. The number of halogens is 2. The summed E-state index contributed by atoms with van der Waals surface area (Å²) in [6.45, 7) is 2.53. The molecule has 0 N–H and O–H groups in total. The van der Waals surface area contributed by atoms with Gasteiger partial charge in [-0.2, -0.15) is 0 Å². The zero-order chi connectivity index (χ0) is 22.9. The van der Waals surface area contributed by atoms with Crippen LogP contribution < -0.4 is 46.0 Å². The molecule has 6 heteroatoms. The van der Waals surface area contributed by atoms with E-state index in [0.29, 0.717) is 5.04 Å². The van der Waals surface area contributed by atoms with E-state index in [1.165, 1.54) is 56.6 Å². The van der Waals surface area contributed by atoms with Crippen LogP contribution in [-0.4, -0.2) is 22.6 Å². The van der Waals surface area contributed by atoms with Crippen LogP contribution >= 0.6 is 15.8 Å². The molecule has 0 amide bonds. The Labute approximate surface area is 250 Å². The van der Waals surface area contributed by atoms with Crippen LogP contribution in [0.25, 0.3) is 0 Å². The molecule has 0 aromatic heterocycles. The van der Waals surface area contributed by atoms with Gasteiger partial charge < -0.3 is 24.8 Å². The first kappa shape index (κ1) is 33.3. The van der Waals surface area contributed by atoms with Gasteiger partial charge in [-0.05, 0) is 67.3 Å². The molecule has 4 rings (SSSR count). The summed E-state index contributed by atoms with van der Waals surface area (Å²) in [4.78, 5) is 0. The van der Waals surface area contributed by atoms with Gasteiger partial charge >= 0.3 is 21.1 Å². The van der Waals surface area contributed by atoms with E-state index in [4.69, 9.17) is 0 Å². The Kier molecular flexibility index (Phi) is 15.6. The molecule has 0 spiro atoms. The van der Waals surface area contributed by atoms with Gasteiger partial charge in [0.15, 0.2) is 0 Å². The maximum atomic E-state index is 2.53. The topological polar surface area (TPSA) is 0 Å². The van der Waals surface area contributed by atoms with E-state index in [-0.39, 0.29) is 61.7 Å². The first-order valence-corrected chi connectivity index (χ1v) is 15.9. The maximum absolute atomic E-state index is 2.53. The summed E-state index contributed by atoms with van der Waals surface area (Å²) in [6, 6.07) is 44.7. The summed E-state index contributed by atoms with van der Waals surface area (Å²) in [6.07, 6.45) is 5.17. The Hall–Kier alpha value is -0.775. The molecular formula is C30H34Cl2P2PtSi. The van der Waals surface area contributed by atoms with Crippen molar-refractivity contribution in [2.45, 2.75) is 24.8 Å². The summed E-state index contributed by atoms with van der Waals surface area (Å²) < 4.78 is 0. The van der Waals surface area contributed by atoms with E-state index in [1.807, 2.05) is 0 Å². The Balaban J connectivity index is 0.00000216. The standard InChI is InChI=1S/C30H34P2Si.2ClH.Pt/c1-30(33,22-24-31(26-14-6-2-7-15-26)27-16-8-3-9-17-27)23-25-32(28-18-10-4-11-19-28)29-20-12-5-13-21-29;;;/h2-21H,22-25H2,1,33H3;2*1H;/q;;;+2/p-2. The van der Waals surface area contributed by atoms with E-state index in [0.717, 1.165) is 0 Å². The van der Waals surface area contributed by atoms with Crippen LogP contribution in [0.4, 0.5) is 0 Å². The van der Waals surface area contributed by atoms with E-state index in [2.05, 4.69) is 128 Å². The van der Waals surface area contributed by atoms with E-state index < -0.39 is 0 Å². The van der Waals surface area contributed by atoms with Gasteiger partial charge in [0.2, 0.25) is 0 Å². The fourth-order valence-electron chi connectivity index (χ4n) is 4.20. The average molecular weight is 751 g/mol. The second-order valence-electron chi connectivity index (χ2n) is 9.31. The van der Waals surface area contributed by atoms with Crippen molar-refractivity contribution in [3.63, 3.8) is 0 Å². The molecule has 0 nitrogen and oxygen atoms in total. The molecule has 0 fully saturated rings. The molecule has 0 bridgehead atoms. The zero-order valence-corrected chi connectivity index (χ0v) is 28.4. The van der Waals surface area contributed by atoms with E-state index in [1.54, 1.807) is 0 Å². The Morgan fingerprint density at radius 3 is 0.944 bits per heavy atom. The molecule has 0 saturated heterocycles. The zero-order valence-electron chi connectivity index (χ0n) is 20.8. The minimum atomic E-state index is -0.301. The second-order valence-corrected chi connectivity index (χ2v) is 16.4. The van der Waals surface area contributed by atoms with Gasteiger partial charge in [-0.1, -0.05) is 128 Å². The summed E-state index contributed by atoms with van der Waals surface area (Å²) in [7, 11) is 0.627. The number of rotatable bonds is 10. The Morgan fingerprint density at radius 2 is 0.722 bits per heavy atom. The number of benzene rings is 4. The minimum absolute atomic E-state index is 0. The smallest absolute Gasteiger partial charge is 1.00 e. The Bertz CT molecular complexity index is 933. The molecule has 0 aliphatic carbocycles. The summed E-state index contributed by atoms with van der Waals surface area (Å²) in [5.74, 6) is 0. The predicted molar refractivity (Wildman–Crippen MR) is 155 cm³/mol. The molecule has 0 aliphatic rings. The average Bonchev–Trinajstić information content (AvgIpc) is 2.87. The van der Waals surface area contributed by atoms with Gasteiger partial charge in [0.1, 0.15) is 0 Å². The van der Waals surface area contributed by atoms with Crippen LogP contribution in [0, 0.1) is 0 Å². The first-order chi connectivity index (χ1) is 16.1. The minimum Gasteiger partial charge on any atom is -1.00 e. The van der Waals surface area contributed by atoms with Gasteiger partial charge in [-0.15, -0.1) is 0 Å². The van der Waals surface area contributed by atoms with Gasteiger partial charge in [0.25, 0.3) is 0 Å². The van der Waals surface area contributed by atoms with Crippen LogP contribution in [0.15, 0.2) is 121 Å². The third-order valence-electron chi connectivity index (χ3n) is 6.30. The fourth-order valence-corrected chi connectivity index (χ4v) is 11.0. The van der Waals surface area contributed by atoms with Crippen molar-refractivity contribution in [3.8, 4) is 0 Å². The van der Waals surface area contributed by atoms with Crippen LogP contribution in [0.2, 0.25) is 5.04 Å². The largest absolute Gasteiger partial charge is 2.00 e. The molecule has 192 valence electrons. The molecule has 0 aliphatic heterocycles. The van der Waals surface area contributed by atoms with Crippen LogP contribution in [0.3, 0.4) is 0 Å². The summed E-state index contributed by atoms with van der Waals surface area (Å²) in [5, 5.41) is 6.48. The van der Waals surface area contributed by atoms with Crippen molar-refractivity contribution < 1.29 is 45.9 Å². The van der Waals surface area contributed by atoms with Crippen molar-refractivity contribution in [2.75, 3.05) is 12.3 Å². The van der Waals surface area contributed by atoms with Crippen molar-refractivity contribution in [2.24, 2.45) is 0 Å². The molecule has 0 unspecified atom stereocenters. The molecule has 4 aromatic rings. The Morgan fingerprint density at radius 1 is 0.500 bits per heavy atom. The van der Waals surface area contributed by atoms with E-state index >= 15 is 0 Å². The summed E-state index contributed by atoms with van der Waals surface area (Å²) >= 11 is 0. The molecule has 4 aromatic carbocycles. The van der Waals surface area contributed by atoms with Crippen LogP contribution in [0.5, 0.6) is 0 Å². The van der Waals surface area contributed by atoms with Crippen molar-refractivity contribution in [1.29, 1.82) is 0 Å². The molecular weight excluding hydrogens is 716 g/mol. The van der Waals surface area contributed by atoms with Gasteiger partial charge in [0.05, 0.1) is 0 Å². The maximum Gasteiger partial charge on any atom is 2.00 e. The van der Waals surface area contributed by atoms with E-state index in [9.17, 15) is 0 Å². The number of hydrogen-bond donors (Lipinski definition) is 0. The quantitative estimate of drug-likeness (QED) is 0.153. The molecule has 0 atom stereocenters. The molecule has 36 heavy (non-hydrogen) atoms. The van der Waals surface area contributed by atoms with Gasteiger partial charge in [-0.3, -0.25) is 0 Å². The van der Waals surface area contributed by atoms with Crippen molar-refractivity contribution in [1.82, 2.24) is 0 Å². The fraction of sp³-hybridized carbons (Fsp3) is 0.200. The van der Waals surface area contributed by atoms with Crippen LogP contribution in [0.1, 0.15) is 19.8 Å². The van der Waals surface area contributed by atoms with Crippen LogP contribution in [-0.2, 0) is 21.1 Å². The van der Waals surface area contributed by atoms with Gasteiger partial charge in [-0.25, -0.2) is 0 Å².